The van der Waals surface area contributed by atoms with Crippen molar-refractivity contribution in [1.82, 2.24) is 0 Å². The molecule has 0 heterocycles. The van der Waals surface area contributed by atoms with E-state index in [0.29, 0.717) is 11.8 Å². The van der Waals surface area contributed by atoms with Crippen LogP contribution in [0.1, 0.15) is 39.0 Å². The maximum atomic E-state index is 5.34. The molecule has 0 aromatic carbocycles. The van der Waals surface area contributed by atoms with E-state index in [-0.39, 0.29) is 0 Å². The van der Waals surface area contributed by atoms with Gasteiger partial charge in [-0.2, -0.15) is 5.10 Å². The second-order valence-electron chi connectivity index (χ2n) is 3.40. The first-order valence-corrected chi connectivity index (χ1v) is 4.62. The summed E-state index contributed by atoms with van der Waals surface area (Å²) in [5.41, 5.74) is 5.34. The Labute approximate surface area is 73.8 Å². The van der Waals surface area contributed by atoms with Gasteiger partial charge in [0.2, 0.25) is 0 Å². The molecule has 1 rings (SSSR count). The lowest BCUT2D eigenvalue weighted by Gasteiger charge is -2.16. The third-order valence-electron chi connectivity index (χ3n) is 2.14. The highest BCUT2D eigenvalue weighted by atomic mass is 15.2. The molecule has 1 saturated carbocycles. The normalized spacial score (nSPS) is 21.9. The van der Waals surface area contributed by atoms with Crippen molar-refractivity contribution in [1.29, 1.82) is 0 Å². The van der Waals surface area contributed by atoms with Gasteiger partial charge in [0.1, 0.15) is 5.84 Å². The molecule has 0 unspecified atom stereocenters. The van der Waals surface area contributed by atoms with Gasteiger partial charge in [-0.05, 0) is 25.7 Å². The smallest absolute Gasteiger partial charge is 0.119 e. The molecule has 0 saturated heterocycles. The van der Waals surface area contributed by atoms with E-state index in [1.807, 2.05) is 6.21 Å². The molecule has 3 heteroatoms. The van der Waals surface area contributed by atoms with Crippen LogP contribution in [0.15, 0.2) is 10.2 Å². The Hall–Kier alpha value is -0.860. The van der Waals surface area contributed by atoms with Gasteiger partial charge < -0.3 is 5.73 Å². The van der Waals surface area contributed by atoms with Gasteiger partial charge >= 0.3 is 0 Å². The van der Waals surface area contributed by atoms with Gasteiger partial charge in [0, 0.05) is 6.21 Å². The highest BCUT2D eigenvalue weighted by Gasteiger charge is 2.10. The monoisotopic (exact) mass is 167 g/mol. The number of rotatable bonds is 2. The maximum Gasteiger partial charge on any atom is 0.119 e. The number of hydrogen-bond donors (Lipinski definition) is 1. The minimum atomic E-state index is 0.530. The highest BCUT2D eigenvalue weighted by Crippen LogP contribution is 2.21. The number of nitrogens with zero attached hydrogens (tertiary/aromatic N) is 2. The van der Waals surface area contributed by atoms with Crippen molar-refractivity contribution in [2.75, 3.05) is 0 Å². The Bertz CT molecular complexity index is 174. The molecule has 0 aromatic rings. The molecule has 3 nitrogen and oxygen atoms in total. The first-order valence-electron chi connectivity index (χ1n) is 4.62. The zero-order valence-corrected chi connectivity index (χ0v) is 7.66. The lowest BCUT2D eigenvalue weighted by atomic mass is 9.90. The summed E-state index contributed by atoms with van der Waals surface area (Å²) in [5, 5.41) is 7.72. The summed E-state index contributed by atoms with van der Waals surface area (Å²) in [4.78, 5) is 0. The Morgan fingerprint density at radius 3 is 2.58 bits per heavy atom. The summed E-state index contributed by atoms with van der Waals surface area (Å²) in [5.74, 6) is 1.17. The van der Waals surface area contributed by atoms with Crippen LogP contribution in [0.25, 0.3) is 0 Å². The minimum absolute atomic E-state index is 0.530. The Kier molecular flexibility index (Phi) is 3.77. The highest BCUT2D eigenvalue weighted by molar-refractivity contribution is 5.77. The van der Waals surface area contributed by atoms with Crippen LogP contribution >= 0.6 is 0 Å². The lowest BCUT2D eigenvalue weighted by Crippen LogP contribution is -2.08. The number of amidine groups is 1. The van der Waals surface area contributed by atoms with E-state index in [1.165, 1.54) is 32.1 Å². The predicted molar refractivity (Wildman–Crippen MR) is 52.4 cm³/mol. The van der Waals surface area contributed by atoms with Crippen LogP contribution in [0.3, 0.4) is 0 Å². The van der Waals surface area contributed by atoms with Crippen LogP contribution < -0.4 is 5.73 Å². The molecule has 1 aliphatic rings. The summed E-state index contributed by atoms with van der Waals surface area (Å²) in [6, 6.07) is 0. The SMILES string of the molecule is C/C(N)=N/N=C/C1CCCCC1. The van der Waals surface area contributed by atoms with E-state index in [4.69, 9.17) is 5.73 Å². The van der Waals surface area contributed by atoms with Gasteiger partial charge in [-0.1, -0.05) is 19.3 Å². The first kappa shape index (κ1) is 9.23. The van der Waals surface area contributed by atoms with Crippen LogP contribution in [-0.2, 0) is 0 Å². The van der Waals surface area contributed by atoms with Crippen molar-refractivity contribution in [3.8, 4) is 0 Å². The summed E-state index contributed by atoms with van der Waals surface area (Å²) in [7, 11) is 0. The molecule has 68 valence electrons. The van der Waals surface area contributed by atoms with E-state index in [2.05, 4.69) is 10.2 Å². The van der Waals surface area contributed by atoms with Crippen LogP contribution in [0.5, 0.6) is 0 Å². The van der Waals surface area contributed by atoms with E-state index in [0.717, 1.165) is 0 Å². The van der Waals surface area contributed by atoms with E-state index >= 15 is 0 Å². The third-order valence-corrected chi connectivity index (χ3v) is 2.14. The molecule has 12 heavy (non-hydrogen) atoms. The zero-order chi connectivity index (χ0) is 8.81. The van der Waals surface area contributed by atoms with Crippen molar-refractivity contribution < 1.29 is 0 Å². The molecular formula is C9H17N3. The van der Waals surface area contributed by atoms with Crippen molar-refractivity contribution in [2.45, 2.75) is 39.0 Å². The molecule has 0 amide bonds. The minimum Gasteiger partial charge on any atom is -0.386 e. The van der Waals surface area contributed by atoms with E-state index in [9.17, 15) is 0 Å². The van der Waals surface area contributed by atoms with Gasteiger partial charge in [-0.25, -0.2) is 0 Å². The van der Waals surface area contributed by atoms with Crippen molar-refractivity contribution in [3.05, 3.63) is 0 Å². The predicted octanol–water partition coefficient (Wildman–Crippen LogP) is 1.93. The molecule has 0 spiro atoms. The molecule has 0 bridgehead atoms. The van der Waals surface area contributed by atoms with Crippen LogP contribution in [0, 0.1) is 5.92 Å². The summed E-state index contributed by atoms with van der Waals surface area (Å²) in [6.45, 7) is 1.75. The largest absolute Gasteiger partial charge is 0.386 e. The summed E-state index contributed by atoms with van der Waals surface area (Å²) < 4.78 is 0. The lowest BCUT2D eigenvalue weighted by molar-refractivity contribution is 0.444. The van der Waals surface area contributed by atoms with Crippen molar-refractivity contribution >= 4 is 12.1 Å². The standard InChI is InChI=1S/C9H17N3/c1-8(10)12-11-7-9-5-3-2-4-6-9/h7,9H,2-6H2,1H3,(H2,10,12)/b11-7+. The molecule has 1 fully saturated rings. The molecule has 1 aliphatic carbocycles. The first-order chi connectivity index (χ1) is 5.79. The third kappa shape index (κ3) is 3.51. The van der Waals surface area contributed by atoms with Crippen LogP contribution in [0.4, 0.5) is 0 Å². The van der Waals surface area contributed by atoms with Gasteiger partial charge in [-0.15, -0.1) is 5.10 Å². The maximum absolute atomic E-state index is 5.34. The fourth-order valence-electron chi connectivity index (χ4n) is 1.50. The fourth-order valence-corrected chi connectivity index (χ4v) is 1.50. The Morgan fingerprint density at radius 2 is 2.00 bits per heavy atom. The van der Waals surface area contributed by atoms with Crippen LogP contribution in [-0.4, -0.2) is 12.1 Å². The number of hydrogen-bond acceptors (Lipinski definition) is 2. The molecule has 0 atom stereocenters. The summed E-state index contributed by atoms with van der Waals surface area (Å²) in [6.07, 6.45) is 8.52. The van der Waals surface area contributed by atoms with Gasteiger partial charge in [0.15, 0.2) is 0 Å². The number of nitrogens with two attached hydrogens (primary N) is 1. The van der Waals surface area contributed by atoms with E-state index < -0.39 is 0 Å². The van der Waals surface area contributed by atoms with Gasteiger partial charge in [0.25, 0.3) is 0 Å². The quantitative estimate of drug-likeness (QED) is 0.381. The van der Waals surface area contributed by atoms with E-state index in [1.54, 1.807) is 6.92 Å². The molecule has 2 N–H and O–H groups in total. The average molecular weight is 167 g/mol. The fraction of sp³-hybridized carbons (Fsp3) is 0.778. The van der Waals surface area contributed by atoms with Gasteiger partial charge in [-0.3, -0.25) is 0 Å². The second kappa shape index (κ2) is 4.91. The second-order valence-corrected chi connectivity index (χ2v) is 3.40. The Balaban J connectivity index is 2.29. The molecule has 0 aliphatic heterocycles. The molecule has 0 radical (unpaired) electrons. The van der Waals surface area contributed by atoms with Crippen molar-refractivity contribution in [2.24, 2.45) is 21.9 Å². The van der Waals surface area contributed by atoms with Crippen LogP contribution in [0.2, 0.25) is 0 Å². The Morgan fingerprint density at radius 1 is 1.33 bits per heavy atom. The van der Waals surface area contributed by atoms with Gasteiger partial charge in [0.05, 0.1) is 0 Å². The molecule has 0 aromatic heterocycles. The zero-order valence-electron chi connectivity index (χ0n) is 7.66. The van der Waals surface area contributed by atoms with Crippen molar-refractivity contribution in [3.63, 3.8) is 0 Å². The molecular weight excluding hydrogens is 150 g/mol. The average Bonchev–Trinajstić information content (AvgIpc) is 2.05. The topological polar surface area (TPSA) is 50.7 Å². The summed E-state index contributed by atoms with van der Waals surface area (Å²) >= 11 is 0.